The Hall–Kier alpha value is 3.93. The Morgan fingerprint density at radius 1 is 0.971 bits per heavy atom. The minimum atomic E-state index is -5.97. The summed E-state index contributed by atoms with van der Waals surface area (Å²) in [6, 6.07) is 1.37. The summed E-state index contributed by atoms with van der Waals surface area (Å²) < 4.78 is 40.9. The summed E-state index contributed by atoms with van der Waals surface area (Å²) in [7, 11) is -17.9. The van der Waals surface area contributed by atoms with Gasteiger partial charge in [0.15, 0.2) is 6.23 Å². The SMILES string of the molecule is Nc1ccn([C@@H]2O[C@H](CO)[C@@H](O)[C@H]2O)c(=O)n1.O=P([O-])([O-])OP(=O)([O-])OP(=O)([O-])[O-].[Na+].[Na+].[Na+].[Na+].[Na+]. The number of nitrogens with zero attached hydrogens (tertiary/aromatic N) is 2. The van der Waals surface area contributed by atoms with E-state index in [-0.39, 0.29) is 154 Å². The van der Waals surface area contributed by atoms with Crippen LogP contribution < -0.4 is 184 Å². The zero-order chi connectivity index (χ0) is 23.5. The first-order chi connectivity index (χ1) is 13.5. The molecule has 26 heteroatoms. The third-order valence-electron chi connectivity index (χ3n) is 3.04. The van der Waals surface area contributed by atoms with Crippen LogP contribution in [0.2, 0.25) is 0 Å². The summed E-state index contributed by atoms with van der Waals surface area (Å²) in [6.45, 7) is -0.453. The van der Waals surface area contributed by atoms with Crippen LogP contribution in [0.15, 0.2) is 17.1 Å². The van der Waals surface area contributed by atoms with Crippen LogP contribution in [0.25, 0.3) is 0 Å². The Morgan fingerprint density at radius 2 is 1.40 bits per heavy atom. The van der Waals surface area contributed by atoms with E-state index in [4.69, 9.17) is 15.6 Å². The Kier molecular flexibility index (Phi) is 28.8. The van der Waals surface area contributed by atoms with Crippen LogP contribution in [-0.4, -0.2) is 49.8 Å². The van der Waals surface area contributed by atoms with Gasteiger partial charge >= 0.3 is 153 Å². The van der Waals surface area contributed by atoms with Gasteiger partial charge in [-0.05, 0) is 6.07 Å². The van der Waals surface area contributed by atoms with Crippen LogP contribution in [0.3, 0.4) is 0 Å². The molecule has 1 aromatic rings. The number of hydrogen-bond acceptors (Lipinski definition) is 17. The van der Waals surface area contributed by atoms with Gasteiger partial charge in [0.1, 0.15) is 24.1 Å². The summed E-state index contributed by atoms with van der Waals surface area (Å²) in [6.07, 6.45) is -3.27. The van der Waals surface area contributed by atoms with E-state index in [2.05, 4.69) is 13.6 Å². The smallest absolute Gasteiger partial charge is 0.790 e. The van der Waals surface area contributed by atoms with E-state index in [0.29, 0.717) is 0 Å². The van der Waals surface area contributed by atoms with Gasteiger partial charge in [0.2, 0.25) is 0 Å². The molecule has 4 atom stereocenters. The van der Waals surface area contributed by atoms with Crippen molar-refractivity contribution in [3.05, 3.63) is 22.7 Å². The molecule has 0 unspecified atom stereocenters. The Bertz CT molecular complexity index is 918. The van der Waals surface area contributed by atoms with Gasteiger partial charge in [-0.15, -0.1) is 0 Å². The average molecular weight is 611 g/mol. The van der Waals surface area contributed by atoms with Crippen molar-refractivity contribution in [1.29, 1.82) is 0 Å². The normalized spacial score (nSPS) is 21.4. The number of aliphatic hydroxyl groups is 3. The second kappa shape index (κ2) is 20.8. The topological polar surface area (TPSA) is 316 Å². The largest absolute Gasteiger partial charge is 1.00 e. The molecule has 1 aliphatic heterocycles. The van der Waals surface area contributed by atoms with Crippen LogP contribution in [0.5, 0.6) is 0 Å². The van der Waals surface area contributed by atoms with Crippen LogP contribution in [-0.2, 0) is 27.1 Å². The number of nitrogens with two attached hydrogens (primary N) is 1. The van der Waals surface area contributed by atoms with E-state index in [1.165, 1.54) is 12.3 Å². The molecule has 0 spiro atoms. The first kappa shape index (κ1) is 48.6. The van der Waals surface area contributed by atoms with Gasteiger partial charge in [-0.25, -0.2) is 4.79 Å². The third-order valence-corrected chi connectivity index (χ3v) is 6.24. The van der Waals surface area contributed by atoms with Crippen molar-refractivity contribution in [2.24, 2.45) is 0 Å². The molecule has 1 aromatic heterocycles. The molecule has 0 radical (unpaired) electrons. The fourth-order valence-corrected chi connectivity index (χ4v) is 4.34. The van der Waals surface area contributed by atoms with Crippen LogP contribution >= 0.6 is 23.5 Å². The molecule has 0 aromatic carbocycles. The maximum absolute atomic E-state index is 11.5. The van der Waals surface area contributed by atoms with E-state index in [9.17, 15) is 53.2 Å². The quantitative estimate of drug-likeness (QED) is 0.171. The molecule has 0 amide bonds. The number of aromatic nitrogens is 2. The molecular weight excluding hydrogens is 598 g/mol. The Balaban J connectivity index is -0.000000155. The van der Waals surface area contributed by atoms with Crippen LogP contribution in [0, 0.1) is 0 Å². The summed E-state index contributed by atoms with van der Waals surface area (Å²) >= 11 is 0. The fraction of sp³-hybridized carbons (Fsp3) is 0.556. The molecule has 2 rings (SSSR count). The zero-order valence-electron chi connectivity index (χ0n) is 19.2. The van der Waals surface area contributed by atoms with E-state index in [1.54, 1.807) is 0 Å². The molecule has 1 fully saturated rings. The molecule has 174 valence electrons. The van der Waals surface area contributed by atoms with Gasteiger partial charge in [-0.3, -0.25) is 17.8 Å². The predicted molar refractivity (Wildman–Crippen MR) is 80.9 cm³/mol. The van der Waals surface area contributed by atoms with Gasteiger partial charge in [0.25, 0.3) is 7.82 Å². The van der Waals surface area contributed by atoms with E-state index < -0.39 is 60.3 Å². The molecule has 18 nitrogen and oxygen atoms in total. The molecular formula is C9H13N3Na5O15P3. The first-order valence-electron chi connectivity index (χ1n) is 7.21. The van der Waals surface area contributed by atoms with Crippen molar-refractivity contribution < 1.29 is 215 Å². The Labute approximate surface area is 308 Å². The summed E-state index contributed by atoms with van der Waals surface area (Å²) in [5, 5.41) is 28.2. The average Bonchev–Trinajstić information content (AvgIpc) is 2.79. The molecule has 35 heavy (non-hydrogen) atoms. The number of rotatable bonds is 6. The van der Waals surface area contributed by atoms with Crippen molar-refractivity contribution in [3.8, 4) is 0 Å². The van der Waals surface area contributed by atoms with Crippen molar-refractivity contribution in [2.45, 2.75) is 24.5 Å². The van der Waals surface area contributed by atoms with E-state index >= 15 is 0 Å². The van der Waals surface area contributed by atoms with Crippen molar-refractivity contribution >= 4 is 29.3 Å². The van der Waals surface area contributed by atoms with E-state index in [0.717, 1.165) is 4.57 Å². The minimum absolute atomic E-state index is 0. The molecule has 0 aliphatic carbocycles. The van der Waals surface area contributed by atoms with Gasteiger partial charge in [0.05, 0.1) is 22.3 Å². The van der Waals surface area contributed by atoms with Crippen molar-refractivity contribution in [3.63, 3.8) is 0 Å². The monoisotopic (exact) mass is 611 g/mol. The number of hydrogen-bond donors (Lipinski definition) is 4. The molecule has 1 saturated heterocycles. The minimum Gasteiger partial charge on any atom is -0.790 e. The summed E-state index contributed by atoms with van der Waals surface area (Å²) in [5.74, 6) is 0.0537. The van der Waals surface area contributed by atoms with Crippen LogP contribution in [0.1, 0.15) is 6.23 Å². The third kappa shape index (κ3) is 18.9. The standard InChI is InChI=1S/C9H13N3O5.5Na.H5O10P3/c10-5-1-2-12(9(16)11-5)8-7(15)6(14)4(3-13)17-8;;;;;;1-11(2,3)9-13(7,8)10-12(4,5)6/h1-2,4,6-8,13-15H,3H2,(H2,10,11,16);;;;;;(H,7,8)(H2,1,2,3)(H2,4,5,6)/q;5*+1;/p-5/t4-,6-,7-,8-;;;;;;/m1....../s1. The molecule has 1 aliphatic rings. The zero-order valence-corrected chi connectivity index (χ0v) is 31.9. The maximum Gasteiger partial charge on any atom is 1.00 e. The summed E-state index contributed by atoms with van der Waals surface area (Å²) in [5.41, 5.74) is 4.63. The van der Waals surface area contributed by atoms with Crippen LogP contribution in [0.4, 0.5) is 5.82 Å². The second-order valence-corrected chi connectivity index (χ2v) is 9.27. The number of nitrogen functional groups attached to an aromatic ring is 1. The number of ether oxygens (including phenoxy) is 1. The molecule has 0 saturated carbocycles. The Morgan fingerprint density at radius 3 is 1.71 bits per heavy atom. The van der Waals surface area contributed by atoms with Gasteiger partial charge in [0, 0.05) is 6.20 Å². The summed E-state index contributed by atoms with van der Waals surface area (Å²) in [4.78, 5) is 63.6. The molecule has 2 heterocycles. The molecule has 5 N–H and O–H groups in total. The van der Waals surface area contributed by atoms with Crippen molar-refractivity contribution in [1.82, 2.24) is 9.55 Å². The van der Waals surface area contributed by atoms with Gasteiger partial charge < -0.3 is 59.4 Å². The predicted octanol–water partition coefficient (Wildman–Crippen LogP) is -21.4. The van der Waals surface area contributed by atoms with E-state index in [1.807, 2.05) is 0 Å². The second-order valence-electron chi connectivity index (χ2n) is 5.28. The fourth-order valence-electron chi connectivity index (χ4n) is 1.99. The van der Waals surface area contributed by atoms with Crippen molar-refractivity contribution in [2.75, 3.05) is 12.3 Å². The van der Waals surface area contributed by atoms with Gasteiger partial charge in [-0.2, -0.15) is 4.98 Å². The first-order valence-corrected chi connectivity index (χ1v) is 11.6. The number of anilines is 1. The van der Waals surface area contributed by atoms with Gasteiger partial charge in [-0.1, -0.05) is 0 Å². The maximum atomic E-state index is 11.5. The number of phosphoric acid groups is 3. The number of aliphatic hydroxyl groups excluding tert-OH is 3. The molecule has 0 bridgehead atoms.